The summed E-state index contributed by atoms with van der Waals surface area (Å²) in [7, 11) is 0. The summed E-state index contributed by atoms with van der Waals surface area (Å²) in [6.45, 7) is 11.2. The van der Waals surface area contributed by atoms with Crippen molar-refractivity contribution in [2.75, 3.05) is 33.0 Å². The van der Waals surface area contributed by atoms with E-state index in [1.54, 1.807) is 0 Å². The number of nitrogens with one attached hydrogen (secondary N) is 1. The molecule has 16 heavy (non-hydrogen) atoms. The molecular weight excluding hydrogens is 206 g/mol. The Morgan fingerprint density at radius 3 is 2.31 bits per heavy atom. The molecule has 0 radical (unpaired) electrons. The first kappa shape index (κ1) is 15.8. The maximum atomic E-state index is 9.61. The SMILES string of the molecule is CCOCC(C)NCC(O)COCC(C)C. The van der Waals surface area contributed by atoms with E-state index >= 15 is 0 Å². The molecule has 2 atom stereocenters. The van der Waals surface area contributed by atoms with Crippen molar-refractivity contribution in [3.8, 4) is 0 Å². The van der Waals surface area contributed by atoms with Crippen molar-refractivity contribution >= 4 is 0 Å². The fourth-order valence-corrected chi connectivity index (χ4v) is 1.19. The van der Waals surface area contributed by atoms with Gasteiger partial charge in [-0.2, -0.15) is 0 Å². The molecule has 0 saturated heterocycles. The molecule has 0 rings (SSSR count). The van der Waals surface area contributed by atoms with E-state index in [1.807, 2.05) is 13.8 Å². The Morgan fingerprint density at radius 2 is 1.75 bits per heavy atom. The number of hydrogen-bond donors (Lipinski definition) is 2. The van der Waals surface area contributed by atoms with Gasteiger partial charge in [-0.25, -0.2) is 0 Å². The standard InChI is InChI=1S/C12H27NO3/c1-5-15-8-11(4)13-6-12(14)9-16-7-10(2)3/h10-14H,5-9H2,1-4H3. The first-order valence-corrected chi connectivity index (χ1v) is 6.13. The van der Waals surface area contributed by atoms with Gasteiger partial charge in [-0.1, -0.05) is 13.8 Å². The molecule has 0 bridgehead atoms. The van der Waals surface area contributed by atoms with Crippen LogP contribution in [0.15, 0.2) is 0 Å². The molecule has 0 saturated carbocycles. The van der Waals surface area contributed by atoms with Crippen LogP contribution in [0, 0.1) is 5.92 Å². The summed E-state index contributed by atoms with van der Waals surface area (Å²) in [6, 6.07) is 0.264. The minimum atomic E-state index is -0.442. The van der Waals surface area contributed by atoms with Gasteiger partial charge >= 0.3 is 0 Å². The van der Waals surface area contributed by atoms with E-state index < -0.39 is 6.10 Å². The van der Waals surface area contributed by atoms with Gasteiger partial charge in [-0.3, -0.25) is 0 Å². The Balaban J connectivity index is 3.38. The van der Waals surface area contributed by atoms with Crippen molar-refractivity contribution < 1.29 is 14.6 Å². The molecule has 0 aromatic carbocycles. The number of aliphatic hydroxyl groups excluding tert-OH is 1. The summed E-state index contributed by atoms with van der Waals surface area (Å²) in [4.78, 5) is 0. The predicted molar refractivity (Wildman–Crippen MR) is 65.6 cm³/mol. The normalized spacial score (nSPS) is 15.4. The van der Waals surface area contributed by atoms with Crippen LogP contribution >= 0.6 is 0 Å². The third kappa shape index (κ3) is 10.4. The summed E-state index contributed by atoms with van der Waals surface area (Å²) >= 11 is 0. The summed E-state index contributed by atoms with van der Waals surface area (Å²) in [5.74, 6) is 0.511. The van der Waals surface area contributed by atoms with Gasteiger partial charge in [-0.05, 0) is 19.8 Å². The second kappa shape index (κ2) is 10.0. The van der Waals surface area contributed by atoms with Crippen molar-refractivity contribution in [3.63, 3.8) is 0 Å². The van der Waals surface area contributed by atoms with Gasteiger partial charge in [0.1, 0.15) is 0 Å². The van der Waals surface area contributed by atoms with Crippen LogP contribution in [0.4, 0.5) is 0 Å². The minimum Gasteiger partial charge on any atom is -0.389 e. The van der Waals surface area contributed by atoms with Crippen LogP contribution in [0.25, 0.3) is 0 Å². The van der Waals surface area contributed by atoms with Crippen LogP contribution in [0.3, 0.4) is 0 Å². The molecule has 0 spiro atoms. The maximum absolute atomic E-state index is 9.61. The van der Waals surface area contributed by atoms with E-state index in [4.69, 9.17) is 9.47 Å². The van der Waals surface area contributed by atoms with Gasteiger partial charge in [0.15, 0.2) is 0 Å². The molecule has 0 aliphatic carbocycles. The molecule has 0 aromatic heterocycles. The highest BCUT2D eigenvalue weighted by Crippen LogP contribution is 1.94. The predicted octanol–water partition coefficient (Wildman–Crippen LogP) is 1.03. The van der Waals surface area contributed by atoms with E-state index in [9.17, 15) is 5.11 Å². The average Bonchev–Trinajstić information content (AvgIpc) is 2.23. The van der Waals surface area contributed by atoms with Crippen molar-refractivity contribution in [2.24, 2.45) is 5.92 Å². The fourth-order valence-electron chi connectivity index (χ4n) is 1.19. The van der Waals surface area contributed by atoms with E-state index in [-0.39, 0.29) is 6.04 Å². The summed E-state index contributed by atoms with van der Waals surface area (Å²) in [5, 5.41) is 12.8. The lowest BCUT2D eigenvalue weighted by atomic mass is 10.2. The van der Waals surface area contributed by atoms with Crippen LogP contribution in [-0.2, 0) is 9.47 Å². The van der Waals surface area contributed by atoms with Gasteiger partial charge in [-0.15, -0.1) is 0 Å². The van der Waals surface area contributed by atoms with Crippen LogP contribution in [0.1, 0.15) is 27.7 Å². The largest absolute Gasteiger partial charge is 0.389 e. The molecule has 0 aliphatic heterocycles. The monoisotopic (exact) mass is 233 g/mol. The summed E-state index contributed by atoms with van der Waals surface area (Å²) < 4.78 is 10.6. The highest BCUT2D eigenvalue weighted by Gasteiger charge is 2.07. The van der Waals surface area contributed by atoms with Crippen molar-refractivity contribution in [1.82, 2.24) is 5.32 Å². The highest BCUT2D eigenvalue weighted by atomic mass is 16.5. The van der Waals surface area contributed by atoms with E-state index in [0.29, 0.717) is 32.3 Å². The Hall–Kier alpha value is -0.160. The van der Waals surface area contributed by atoms with Crippen LogP contribution in [0.5, 0.6) is 0 Å². The topological polar surface area (TPSA) is 50.7 Å². The van der Waals surface area contributed by atoms with Crippen LogP contribution in [0.2, 0.25) is 0 Å². The first-order valence-electron chi connectivity index (χ1n) is 6.13. The molecule has 0 amide bonds. The molecule has 2 unspecified atom stereocenters. The molecular formula is C12H27NO3. The van der Waals surface area contributed by atoms with Crippen molar-refractivity contribution in [1.29, 1.82) is 0 Å². The smallest absolute Gasteiger partial charge is 0.0897 e. The zero-order chi connectivity index (χ0) is 12.4. The molecule has 4 heteroatoms. The second-order valence-corrected chi connectivity index (χ2v) is 4.55. The third-order valence-corrected chi connectivity index (χ3v) is 2.04. The van der Waals surface area contributed by atoms with Crippen LogP contribution < -0.4 is 5.32 Å². The molecule has 0 aliphatic rings. The van der Waals surface area contributed by atoms with Gasteiger partial charge in [0.25, 0.3) is 0 Å². The molecule has 2 N–H and O–H groups in total. The van der Waals surface area contributed by atoms with Gasteiger partial charge in [0.05, 0.1) is 19.3 Å². The number of hydrogen-bond acceptors (Lipinski definition) is 4. The Bertz CT molecular complexity index is 153. The summed E-state index contributed by atoms with van der Waals surface area (Å²) in [5.41, 5.74) is 0. The molecule has 0 aromatic rings. The molecule has 4 nitrogen and oxygen atoms in total. The van der Waals surface area contributed by atoms with Gasteiger partial charge < -0.3 is 19.9 Å². The Morgan fingerprint density at radius 1 is 1.06 bits per heavy atom. The fraction of sp³-hybridized carbons (Fsp3) is 1.00. The zero-order valence-corrected chi connectivity index (χ0v) is 11.0. The molecule has 98 valence electrons. The first-order chi connectivity index (χ1) is 7.56. The quantitative estimate of drug-likeness (QED) is 0.592. The lowest BCUT2D eigenvalue weighted by molar-refractivity contribution is 0.0232. The lowest BCUT2D eigenvalue weighted by Crippen LogP contribution is -2.38. The van der Waals surface area contributed by atoms with Crippen molar-refractivity contribution in [2.45, 2.75) is 39.8 Å². The Kier molecular flexibility index (Phi) is 9.92. The minimum absolute atomic E-state index is 0.264. The van der Waals surface area contributed by atoms with Crippen molar-refractivity contribution in [3.05, 3.63) is 0 Å². The summed E-state index contributed by atoms with van der Waals surface area (Å²) in [6.07, 6.45) is -0.442. The molecule has 0 fully saturated rings. The second-order valence-electron chi connectivity index (χ2n) is 4.55. The number of ether oxygens (including phenoxy) is 2. The third-order valence-electron chi connectivity index (χ3n) is 2.04. The number of aliphatic hydroxyl groups is 1. The van der Waals surface area contributed by atoms with E-state index in [1.165, 1.54) is 0 Å². The van der Waals surface area contributed by atoms with Crippen LogP contribution in [-0.4, -0.2) is 50.2 Å². The van der Waals surface area contributed by atoms with E-state index in [2.05, 4.69) is 19.2 Å². The van der Waals surface area contributed by atoms with E-state index in [0.717, 1.165) is 6.61 Å². The lowest BCUT2D eigenvalue weighted by Gasteiger charge is -2.17. The average molecular weight is 233 g/mol. The highest BCUT2D eigenvalue weighted by molar-refractivity contribution is 4.64. The van der Waals surface area contributed by atoms with Gasteiger partial charge in [0.2, 0.25) is 0 Å². The van der Waals surface area contributed by atoms with Gasteiger partial charge in [0, 0.05) is 25.8 Å². The zero-order valence-electron chi connectivity index (χ0n) is 11.0. The molecule has 0 heterocycles. The number of rotatable bonds is 10. The Labute approximate surface area is 99.3 Å². The maximum Gasteiger partial charge on any atom is 0.0897 e.